The zero-order chi connectivity index (χ0) is 25.9. The molecule has 0 saturated heterocycles. The third kappa shape index (κ3) is 5.08. The van der Waals surface area contributed by atoms with Crippen LogP contribution in [0.15, 0.2) is 65.4 Å². The number of hydrogen-bond donors (Lipinski definition) is 0. The van der Waals surface area contributed by atoms with Gasteiger partial charge in [-0.2, -0.15) is 10.2 Å². The van der Waals surface area contributed by atoms with Gasteiger partial charge in [0.1, 0.15) is 23.9 Å². The van der Waals surface area contributed by atoms with E-state index in [-0.39, 0.29) is 35.1 Å². The summed E-state index contributed by atoms with van der Waals surface area (Å²) in [6.07, 6.45) is 5.04. The molecule has 184 valence electrons. The van der Waals surface area contributed by atoms with E-state index in [0.717, 1.165) is 22.9 Å². The van der Waals surface area contributed by atoms with E-state index in [4.69, 9.17) is 26.3 Å². The SMILES string of the molecule is Cc1c(Br)cccc1-c1cccc2c1CC[C@@H]2Oc1nc(Cl)cc(C=O)c1OCc1cncc(C#N)c1. The van der Waals surface area contributed by atoms with E-state index >= 15 is 0 Å². The molecule has 0 bridgehead atoms. The molecule has 0 amide bonds. The molecule has 0 radical (unpaired) electrons. The first-order chi connectivity index (χ1) is 18.0. The normalized spacial score (nSPS) is 14.1. The van der Waals surface area contributed by atoms with Crippen molar-refractivity contribution in [1.29, 1.82) is 5.26 Å². The van der Waals surface area contributed by atoms with Crippen LogP contribution in [0.3, 0.4) is 0 Å². The summed E-state index contributed by atoms with van der Waals surface area (Å²) >= 11 is 9.86. The van der Waals surface area contributed by atoms with Crippen LogP contribution in [0.1, 0.15) is 50.7 Å². The molecule has 8 heteroatoms. The fourth-order valence-corrected chi connectivity index (χ4v) is 5.18. The van der Waals surface area contributed by atoms with E-state index in [0.29, 0.717) is 17.4 Å². The lowest BCUT2D eigenvalue weighted by Crippen LogP contribution is -2.09. The Morgan fingerprint density at radius 1 is 1.19 bits per heavy atom. The van der Waals surface area contributed by atoms with Gasteiger partial charge in [0.2, 0.25) is 0 Å². The van der Waals surface area contributed by atoms with Crippen molar-refractivity contribution < 1.29 is 14.3 Å². The summed E-state index contributed by atoms with van der Waals surface area (Å²) in [5, 5.41) is 9.27. The lowest BCUT2D eigenvalue weighted by atomic mass is 9.94. The molecule has 2 aromatic heterocycles. The fraction of sp³-hybridized carbons (Fsp3) is 0.172. The number of carbonyl (C=O) groups is 1. The van der Waals surface area contributed by atoms with Crippen LogP contribution in [0.25, 0.3) is 11.1 Å². The van der Waals surface area contributed by atoms with E-state index in [2.05, 4.69) is 57.1 Å². The molecule has 6 nitrogen and oxygen atoms in total. The standard InChI is InChI=1S/C29H21BrClN3O3/c1-17-21(4-3-7-25(17)30)22-5-2-6-24-23(22)8-9-26(24)37-29-28(20(15-35)11-27(31)34-29)36-16-19-10-18(12-32)13-33-14-19/h2-7,10-11,13-15,26H,8-9,16H2,1H3/t26-/m0/s1. The monoisotopic (exact) mass is 573 g/mol. The molecule has 0 saturated carbocycles. The van der Waals surface area contributed by atoms with Crippen LogP contribution in [-0.2, 0) is 13.0 Å². The minimum absolute atomic E-state index is 0.0800. The smallest absolute Gasteiger partial charge is 0.259 e. The van der Waals surface area contributed by atoms with E-state index in [9.17, 15) is 4.79 Å². The molecule has 2 aromatic carbocycles. The lowest BCUT2D eigenvalue weighted by Gasteiger charge is -2.19. The topological polar surface area (TPSA) is 85.1 Å². The van der Waals surface area contributed by atoms with Gasteiger partial charge in [-0.15, -0.1) is 0 Å². The van der Waals surface area contributed by atoms with E-state index in [1.54, 1.807) is 12.3 Å². The van der Waals surface area contributed by atoms with Gasteiger partial charge in [0.25, 0.3) is 5.88 Å². The number of benzene rings is 2. The third-order valence-electron chi connectivity index (χ3n) is 6.40. The number of nitrogens with zero attached hydrogens (tertiary/aromatic N) is 3. The van der Waals surface area contributed by atoms with Gasteiger partial charge < -0.3 is 9.47 Å². The average Bonchev–Trinajstić information content (AvgIpc) is 3.32. The van der Waals surface area contributed by atoms with Gasteiger partial charge in [0, 0.05) is 22.4 Å². The van der Waals surface area contributed by atoms with E-state index in [1.165, 1.54) is 34.5 Å². The van der Waals surface area contributed by atoms with Crippen molar-refractivity contribution in [3.05, 3.63) is 104 Å². The summed E-state index contributed by atoms with van der Waals surface area (Å²) in [6.45, 7) is 2.18. The van der Waals surface area contributed by atoms with Crippen LogP contribution >= 0.6 is 27.5 Å². The Morgan fingerprint density at radius 2 is 2.00 bits per heavy atom. The average molecular weight is 575 g/mol. The number of aromatic nitrogens is 2. The number of fused-ring (bicyclic) bond motifs is 1. The number of rotatable bonds is 7. The summed E-state index contributed by atoms with van der Waals surface area (Å²) in [7, 11) is 0. The molecule has 0 aliphatic heterocycles. The number of pyridine rings is 2. The first kappa shape index (κ1) is 24.9. The van der Waals surface area contributed by atoms with Gasteiger partial charge in [-0.1, -0.05) is 57.9 Å². The maximum atomic E-state index is 11.9. The molecular weight excluding hydrogens is 554 g/mol. The van der Waals surface area contributed by atoms with Crippen molar-refractivity contribution in [2.24, 2.45) is 0 Å². The second-order valence-electron chi connectivity index (χ2n) is 8.70. The van der Waals surface area contributed by atoms with Gasteiger partial charge in [-0.05, 0) is 65.8 Å². The molecule has 1 aliphatic rings. The molecule has 0 spiro atoms. The van der Waals surface area contributed by atoms with Crippen molar-refractivity contribution in [1.82, 2.24) is 9.97 Å². The molecule has 2 heterocycles. The molecule has 1 aliphatic carbocycles. The van der Waals surface area contributed by atoms with E-state index in [1.807, 2.05) is 18.2 Å². The second kappa shape index (κ2) is 10.7. The summed E-state index contributed by atoms with van der Waals surface area (Å²) in [6, 6.07) is 17.6. The van der Waals surface area contributed by atoms with Crippen molar-refractivity contribution in [2.75, 3.05) is 0 Å². The Kier molecular flexibility index (Phi) is 7.22. The highest BCUT2D eigenvalue weighted by atomic mass is 79.9. The number of ether oxygens (including phenoxy) is 2. The van der Waals surface area contributed by atoms with Gasteiger partial charge in [-0.25, -0.2) is 0 Å². The fourth-order valence-electron chi connectivity index (χ4n) is 4.62. The van der Waals surface area contributed by atoms with Crippen LogP contribution in [0, 0.1) is 18.3 Å². The van der Waals surface area contributed by atoms with Gasteiger partial charge in [0.05, 0.1) is 11.1 Å². The molecule has 0 N–H and O–H groups in total. The van der Waals surface area contributed by atoms with Gasteiger partial charge in [-0.3, -0.25) is 9.78 Å². The van der Waals surface area contributed by atoms with Crippen LogP contribution in [0.2, 0.25) is 5.15 Å². The van der Waals surface area contributed by atoms with Gasteiger partial charge in [0.15, 0.2) is 12.0 Å². The highest BCUT2D eigenvalue weighted by Crippen LogP contribution is 2.43. The number of carbonyl (C=O) groups excluding carboxylic acids is 1. The van der Waals surface area contributed by atoms with Crippen LogP contribution in [-0.4, -0.2) is 16.3 Å². The number of hydrogen-bond acceptors (Lipinski definition) is 6. The molecule has 4 aromatic rings. The summed E-state index contributed by atoms with van der Waals surface area (Å²) in [5.74, 6) is 0.357. The predicted octanol–water partition coefficient (Wildman–Crippen LogP) is 7.20. The highest BCUT2D eigenvalue weighted by molar-refractivity contribution is 9.10. The summed E-state index contributed by atoms with van der Waals surface area (Å²) in [4.78, 5) is 20.3. The second-order valence-corrected chi connectivity index (χ2v) is 9.94. The van der Waals surface area contributed by atoms with Crippen LogP contribution < -0.4 is 9.47 Å². The Labute approximate surface area is 228 Å². The number of nitriles is 1. The predicted molar refractivity (Wildman–Crippen MR) is 144 cm³/mol. The first-order valence-corrected chi connectivity index (χ1v) is 12.8. The number of halogens is 2. The molecule has 5 rings (SSSR count). The molecular formula is C29H21BrClN3O3. The minimum atomic E-state index is -0.279. The zero-order valence-electron chi connectivity index (χ0n) is 19.9. The summed E-state index contributed by atoms with van der Waals surface area (Å²) < 4.78 is 13.4. The molecule has 0 unspecified atom stereocenters. The van der Waals surface area contributed by atoms with Crippen LogP contribution in [0.4, 0.5) is 0 Å². The number of aldehydes is 1. The third-order valence-corrected chi connectivity index (χ3v) is 7.45. The van der Waals surface area contributed by atoms with Gasteiger partial charge >= 0.3 is 0 Å². The zero-order valence-corrected chi connectivity index (χ0v) is 22.2. The first-order valence-electron chi connectivity index (χ1n) is 11.6. The van der Waals surface area contributed by atoms with Crippen molar-refractivity contribution in [3.8, 4) is 28.8 Å². The Bertz CT molecular complexity index is 1550. The summed E-state index contributed by atoms with van der Waals surface area (Å²) in [5.41, 5.74) is 7.16. The molecule has 0 fully saturated rings. The van der Waals surface area contributed by atoms with Crippen LogP contribution in [0.5, 0.6) is 11.6 Å². The lowest BCUT2D eigenvalue weighted by molar-refractivity contribution is 0.111. The Hall–Kier alpha value is -3.73. The maximum absolute atomic E-state index is 11.9. The van der Waals surface area contributed by atoms with E-state index < -0.39 is 0 Å². The molecule has 1 atom stereocenters. The Morgan fingerprint density at radius 3 is 2.81 bits per heavy atom. The largest absolute Gasteiger partial charge is 0.483 e. The molecule has 37 heavy (non-hydrogen) atoms. The maximum Gasteiger partial charge on any atom is 0.259 e. The van der Waals surface area contributed by atoms with Crippen molar-refractivity contribution >= 4 is 33.8 Å². The highest BCUT2D eigenvalue weighted by Gasteiger charge is 2.29. The Balaban J connectivity index is 1.47. The minimum Gasteiger partial charge on any atom is -0.483 e. The quantitative estimate of drug-likeness (QED) is 0.171. The van der Waals surface area contributed by atoms with Crippen molar-refractivity contribution in [3.63, 3.8) is 0 Å². The van der Waals surface area contributed by atoms with Crippen molar-refractivity contribution in [2.45, 2.75) is 32.5 Å².